The fraction of sp³-hybridized carbons (Fsp3) is 1.00. The van der Waals surface area contributed by atoms with Crippen LogP contribution < -0.4 is 5.32 Å². The van der Waals surface area contributed by atoms with Crippen molar-refractivity contribution in [3.8, 4) is 0 Å². The van der Waals surface area contributed by atoms with Crippen LogP contribution in [-0.2, 0) is 4.74 Å². The van der Waals surface area contributed by atoms with Crippen molar-refractivity contribution in [3.05, 3.63) is 0 Å². The zero-order valence-electron chi connectivity index (χ0n) is 10.3. The second kappa shape index (κ2) is 5.28. The van der Waals surface area contributed by atoms with Gasteiger partial charge in [0.25, 0.3) is 0 Å². The van der Waals surface area contributed by atoms with Crippen LogP contribution >= 0.6 is 0 Å². The Kier molecular flexibility index (Phi) is 4.56. The molecule has 1 unspecified atom stereocenters. The Morgan fingerprint density at radius 3 is 2.47 bits per heavy atom. The molecule has 3 nitrogen and oxygen atoms in total. The molecular formula is C12H25NO2. The van der Waals surface area contributed by atoms with Crippen LogP contribution in [0.2, 0.25) is 0 Å². The standard InChI is InChI=1S/C12H25NO2/c1-4-12(5-2,9-14)8-13-11(3)6-7-15-10-11/h13-14H,4-10H2,1-3H3. The molecule has 0 aromatic rings. The van der Waals surface area contributed by atoms with Crippen molar-refractivity contribution in [2.24, 2.45) is 5.41 Å². The third-order valence-electron chi connectivity index (χ3n) is 3.94. The Balaban J connectivity index is 2.45. The summed E-state index contributed by atoms with van der Waals surface area (Å²) in [7, 11) is 0. The van der Waals surface area contributed by atoms with Crippen molar-refractivity contribution in [1.82, 2.24) is 5.32 Å². The first-order chi connectivity index (χ1) is 7.10. The Hall–Kier alpha value is -0.120. The van der Waals surface area contributed by atoms with Crippen molar-refractivity contribution in [2.45, 2.75) is 45.6 Å². The maximum Gasteiger partial charge on any atom is 0.0646 e. The van der Waals surface area contributed by atoms with Crippen LogP contribution in [0.4, 0.5) is 0 Å². The van der Waals surface area contributed by atoms with Crippen LogP contribution in [-0.4, -0.2) is 37.0 Å². The molecule has 0 saturated carbocycles. The maximum atomic E-state index is 9.46. The highest BCUT2D eigenvalue weighted by molar-refractivity contribution is 4.90. The van der Waals surface area contributed by atoms with Gasteiger partial charge < -0.3 is 15.2 Å². The molecule has 1 atom stereocenters. The van der Waals surface area contributed by atoms with Crippen LogP contribution in [0.15, 0.2) is 0 Å². The Morgan fingerprint density at radius 2 is 2.07 bits per heavy atom. The highest BCUT2D eigenvalue weighted by Crippen LogP contribution is 2.27. The summed E-state index contributed by atoms with van der Waals surface area (Å²) in [5.74, 6) is 0. The fourth-order valence-electron chi connectivity index (χ4n) is 1.99. The lowest BCUT2D eigenvalue weighted by molar-refractivity contribution is 0.0978. The van der Waals surface area contributed by atoms with E-state index in [-0.39, 0.29) is 17.6 Å². The molecule has 1 rings (SSSR count). The zero-order chi connectivity index (χ0) is 11.4. The topological polar surface area (TPSA) is 41.5 Å². The molecule has 1 aliphatic rings. The van der Waals surface area contributed by atoms with Gasteiger partial charge in [0.1, 0.15) is 0 Å². The van der Waals surface area contributed by atoms with Gasteiger partial charge in [-0.05, 0) is 26.2 Å². The summed E-state index contributed by atoms with van der Waals surface area (Å²) in [6.45, 7) is 9.30. The van der Waals surface area contributed by atoms with Gasteiger partial charge in [-0.25, -0.2) is 0 Å². The third-order valence-corrected chi connectivity index (χ3v) is 3.94. The van der Waals surface area contributed by atoms with Crippen LogP contribution in [0.25, 0.3) is 0 Å². The van der Waals surface area contributed by atoms with Gasteiger partial charge in [-0.2, -0.15) is 0 Å². The smallest absolute Gasteiger partial charge is 0.0646 e. The van der Waals surface area contributed by atoms with Gasteiger partial charge in [-0.3, -0.25) is 0 Å². The van der Waals surface area contributed by atoms with E-state index < -0.39 is 0 Å². The van der Waals surface area contributed by atoms with E-state index in [4.69, 9.17) is 4.74 Å². The number of rotatable bonds is 6. The van der Waals surface area contributed by atoms with Crippen LogP contribution in [0.3, 0.4) is 0 Å². The van der Waals surface area contributed by atoms with Gasteiger partial charge in [-0.15, -0.1) is 0 Å². The number of aliphatic hydroxyl groups excluding tert-OH is 1. The van der Waals surface area contributed by atoms with Gasteiger partial charge in [0.05, 0.1) is 6.61 Å². The van der Waals surface area contributed by atoms with E-state index >= 15 is 0 Å². The second-order valence-electron chi connectivity index (χ2n) is 5.08. The molecule has 0 aromatic heterocycles. The number of hydrogen-bond donors (Lipinski definition) is 2. The van der Waals surface area contributed by atoms with Gasteiger partial charge in [-0.1, -0.05) is 13.8 Å². The quantitative estimate of drug-likeness (QED) is 0.706. The molecule has 0 radical (unpaired) electrons. The maximum absolute atomic E-state index is 9.46. The van der Waals surface area contributed by atoms with E-state index in [1.165, 1.54) is 0 Å². The summed E-state index contributed by atoms with van der Waals surface area (Å²) in [4.78, 5) is 0. The number of hydrogen-bond acceptors (Lipinski definition) is 3. The molecule has 3 heteroatoms. The van der Waals surface area contributed by atoms with Crippen LogP contribution in [0.5, 0.6) is 0 Å². The van der Waals surface area contributed by atoms with Crippen molar-refractivity contribution in [3.63, 3.8) is 0 Å². The number of aliphatic hydroxyl groups is 1. The van der Waals surface area contributed by atoms with Crippen molar-refractivity contribution in [2.75, 3.05) is 26.4 Å². The van der Waals surface area contributed by atoms with Crippen molar-refractivity contribution in [1.29, 1.82) is 0 Å². The largest absolute Gasteiger partial charge is 0.396 e. The number of nitrogens with one attached hydrogen (secondary N) is 1. The van der Waals surface area contributed by atoms with E-state index in [1.54, 1.807) is 0 Å². The van der Waals surface area contributed by atoms with E-state index in [1.807, 2.05) is 0 Å². The lowest BCUT2D eigenvalue weighted by atomic mass is 9.82. The summed E-state index contributed by atoms with van der Waals surface area (Å²) >= 11 is 0. The van der Waals surface area contributed by atoms with E-state index in [0.717, 1.165) is 39.0 Å². The van der Waals surface area contributed by atoms with Crippen LogP contribution in [0, 0.1) is 5.41 Å². The summed E-state index contributed by atoms with van der Waals surface area (Å²) in [6, 6.07) is 0. The molecule has 1 saturated heterocycles. The minimum atomic E-state index is 0.0472. The molecule has 90 valence electrons. The predicted octanol–water partition coefficient (Wildman–Crippen LogP) is 1.55. The Labute approximate surface area is 93.2 Å². The lowest BCUT2D eigenvalue weighted by Crippen LogP contribution is -2.49. The summed E-state index contributed by atoms with van der Waals surface area (Å²) in [6.07, 6.45) is 3.11. The SMILES string of the molecule is CCC(CC)(CO)CNC1(C)CCOC1. The molecular weight excluding hydrogens is 190 g/mol. The minimum Gasteiger partial charge on any atom is -0.396 e. The first-order valence-electron chi connectivity index (χ1n) is 6.03. The molecule has 2 N–H and O–H groups in total. The van der Waals surface area contributed by atoms with Crippen LogP contribution in [0.1, 0.15) is 40.0 Å². The molecule has 0 amide bonds. The molecule has 0 bridgehead atoms. The van der Waals surface area contributed by atoms with Gasteiger partial charge in [0.2, 0.25) is 0 Å². The van der Waals surface area contributed by atoms with Gasteiger partial charge in [0.15, 0.2) is 0 Å². The summed E-state index contributed by atoms with van der Waals surface area (Å²) in [5.41, 5.74) is 0.163. The molecule has 15 heavy (non-hydrogen) atoms. The number of ether oxygens (including phenoxy) is 1. The normalized spacial score (nSPS) is 27.2. The molecule has 0 aliphatic carbocycles. The Bertz CT molecular complexity index is 176. The Morgan fingerprint density at radius 1 is 1.40 bits per heavy atom. The van der Waals surface area contributed by atoms with Gasteiger partial charge in [0, 0.05) is 30.7 Å². The highest BCUT2D eigenvalue weighted by atomic mass is 16.5. The average molecular weight is 215 g/mol. The van der Waals surface area contributed by atoms with E-state index in [9.17, 15) is 5.11 Å². The summed E-state index contributed by atoms with van der Waals surface area (Å²) in [5, 5.41) is 13.0. The molecule has 1 aliphatic heterocycles. The van der Waals surface area contributed by atoms with E-state index in [0.29, 0.717) is 0 Å². The molecule has 0 spiro atoms. The predicted molar refractivity (Wildman–Crippen MR) is 61.9 cm³/mol. The molecule has 1 fully saturated rings. The highest BCUT2D eigenvalue weighted by Gasteiger charge is 2.33. The molecule has 0 aromatic carbocycles. The fourth-order valence-corrected chi connectivity index (χ4v) is 1.99. The second-order valence-corrected chi connectivity index (χ2v) is 5.08. The van der Waals surface area contributed by atoms with E-state index in [2.05, 4.69) is 26.1 Å². The summed E-state index contributed by atoms with van der Waals surface area (Å²) < 4.78 is 5.40. The zero-order valence-corrected chi connectivity index (χ0v) is 10.3. The first kappa shape index (κ1) is 12.9. The lowest BCUT2D eigenvalue weighted by Gasteiger charge is -2.34. The third kappa shape index (κ3) is 3.16. The molecule has 1 heterocycles. The monoisotopic (exact) mass is 215 g/mol. The van der Waals surface area contributed by atoms with Gasteiger partial charge >= 0.3 is 0 Å². The minimum absolute atomic E-state index is 0.0472. The first-order valence-corrected chi connectivity index (χ1v) is 6.03. The van der Waals surface area contributed by atoms with Crippen molar-refractivity contribution < 1.29 is 9.84 Å². The van der Waals surface area contributed by atoms with Crippen molar-refractivity contribution >= 4 is 0 Å². The average Bonchev–Trinajstić information content (AvgIpc) is 2.69.